The SMILES string of the molecule is CCOc1ccc(/C=C(\C#N)C(=O)Oc2ccc3cc(C(=O)NC(C)CC)c(=O)oc3c2)cc1. The summed E-state index contributed by atoms with van der Waals surface area (Å²) >= 11 is 0. The normalized spacial score (nSPS) is 12.0. The van der Waals surface area contributed by atoms with E-state index in [0.717, 1.165) is 6.42 Å². The number of hydrogen-bond donors (Lipinski definition) is 1. The number of carbonyl (C=O) groups is 2. The largest absolute Gasteiger partial charge is 0.494 e. The third kappa shape index (κ3) is 5.90. The first-order valence-corrected chi connectivity index (χ1v) is 10.8. The zero-order valence-electron chi connectivity index (χ0n) is 19.1. The van der Waals surface area contributed by atoms with Gasteiger partial charge in [0.1, 0.15) is 34.3 Å². The van der Waals surface area contributed by atoms with E-state index in [1.165, 1.54) is 24.3 Å². The number of fused-ring (bicyclic) bond motifs is 1. The van der Waals surface area contributed by atoms with E-state index in [1.54, 1.807) is 30.3 Å². The number of nitrogens with one attached hydrogen (secondary N) is 1. The fourth-order valence-corrected chi connectivity index (χ4v) is 3.01. The van der Waals surface area contributed by atoms with Crippen molar-refractivity contribution in [3.8, 4) is 17.6 Å². The first-order valence-electron chi connectivity index (χ1n) is 10.8. The number of esters is 1. The summed E-state index contributed by atoms with van der Waals surface area (Å²) in [6.45, 7) is 6.16. The van der Waals surface area contributed by atoms with E-state index in [2.05, 4.69) is 5.32 Å². The minimum absolute atomic E-state index is 0.0882. The van der Waals surface area contributed by atoms with Gasteiger partial charge in [-0.05, 0) is 62.2 Å². The average molecular weight is 460 g/mol. The lowest BCUT2D eigenvalue weighted by Crippen LogP contribution is -2.34. The maximum Gasteiger partial charge on any atom is 0.354 e. The van der Waals surface area contributed by atoms with E-state index in [-0.39, 0.29) is 28.5 Å². The van der Waals surface area contributed by atoms with Crippen LogP contribution in [0.3, 0.4) is 0 Å². The molecule has 3 aromatic rings. The second kappa shape index (κ2) is 11.0. The highest BCUT2D eigenvalue weighted by atomic mass is 16.5. The Bertz CT molecular complexity index is 1330. The molecule has 0 bridgehead atoms. The van der Waals surface area contributed by atoms with Crippen LogP contribution < -0.4 is 20.4 Å². The van der Waals surface area contributed by atoms with Gasteiger partial charge in [0, 0.05) is 17.5 Å². The van der Waals surface area contributed by atoms with Crippen molar-refractivity contribution >= 4 is 28.9 Å². The summed E-state index contributed by atoms with van der Waals surface area (Å²) in [6, 6.07) is 14.5. The number of nitrogens with zero attached hydrogens (tertiary/aromatic N) is 1. The smallest absolute Gasteiger partial charge is 0.354 e. The highest BCUT2D eigenvalue weighted by molar-refractivity contribution is 6.00. The fourth-order valence-electron chi connectivity index (χ4n) is 3.01. The van der Waals surface area contributed by atoms with Gasteiger partial charge in [0.2, 0.25) is 0 Å². The number of hydrogen-bond acceptors (Lipinski definition) is 7. The number of carbonyl (C=O) groups excluding carboxylic acids is 2. The molecule has 1 unspecified atom stereocenters. The van der Waals surface area contributed by atoms with E-state index in [9.17, 15) is 19.6 Å². The fraction of sp³-hybridized carbons (Fsp3) is 0.231. The van der Waals surface area contributed by atoms with Gasteiger partial charge in [-0.15, -0.1) is 0 Å². The molecule has 0 spiro atoms. The molecule has 1 heterocycles. The van der Waals surface area contributed by atoms with Crippen molar-refractivity contribution in [1.29, 1.82) is 5.26 Å². The lowest BCUT2D eigenvalue weighted by Gasteiger charge is -2.11. The summed E-state index contributed by atoms with van der Waals surface area (Å²) in [5.41, 5.74) is -0.343. The van der Waals surface area contributed by atoms with Crippen molar-refractivity contribution in [3.63, 3.8) is 0 Å². The number of ether oxygens (including phenoxy) is 2. The van der Waals surface area contributed by atoms with E-state index in [1.807, 2.05) is 26.8 Å². The third-order valence-electron chi connectivity index (χ3n) is 4.99. The van der Waals surface area contributed by atoms with Crippen LogP contribution in [0.5, 0.6) is 11.5 Å². The van der Waals surface area contributed by atoms with Crippen LogP contribution in [0.1, 0.15) is 43.1 Å². The molecule has 1 N–H and O–H groups in total. The first-order chi connectivity index (χ1) is 16.3. The van der Waals surface area contributed by atoms with Gasteiger partial charge in [0.25, 0.3) is 5.91 Å². The van der Waals surface area contributed by atoms with E-state index >= 15 is 0 Å². The quantitative estimate of drug-likeness (QED) is 0.176. The zero-order chi connectivity index (χ0) is 24.7. The summed E-state index contributed by atoms with van der Waals surface area (Å²) < 4.78 is 15.9. The van der Waals surface area contributed by atoms with Crippen LogP contribution in [0.4, 0.5) is 0 Å². The zero-order valence-corrected chi connectivity index (χ0v) is 19.1. The van der Waals surface area contributed by atoms with Crippen LogP contribution in [0.15, 0.2) is 63.3 Å². The average Bonchev–Trinajstić information content (AvgIpc) is 2.82. The van der Waals surface area contributed by atoms with Crippen LogP contribution in [0.2, 0.25) is 0 Å². The minimum atomic E-state index is -0.859. The molecule has 34 heavy (non-hydrogen) atoms. The Morgan fingerprint density at radius 1 is 1.12 bits per heavy atom. The van der Waals surface area contributed by atoms with Crippen LogP contribution in [-0.2, 0) is 4.79 Å². The predicted molar refractivity (Wildman–Crippen MR) is 127 cm³/mol. The first kappa shape index (κ1) is 24.3. The maximum atomic E-state index is 12.5. The molecule has 0 aliphatic rings. The Labute approximate surface area is 196 Å². The van der Waals surface area contributed by atoms with Crippen LogP contribution in [0.25, 0.3) is 17.0 Å². The molecule has 0 aliphatic heterocycles. The van der Waals surface area contributed by atoms with Crippen LogP contribution >= 0.6 is 0 Å². The van der Waals surface area contributed by atoms with Crippen molar-refractivity contribution in [2.45, 2.75) is 33.2 Å². The number of nitriles is 1. The molecule has 0 saturated carbocycles. The van der Waals surface area contributed by atoms with Crippen molar-refractivity contribution < 1.29 is 23.5 Å². The standard InChI is InChI=1S/C26H24N2O6/c1-4-16(3)28-24(29)22-13-18-8-11-21(14-23(18)34-26(22)31)33-25(30)19(15-27)12-17-6-9-20(10-7-17)32-5-2/h6-14,16H,4-5H2,1-3H3,(H,28,29)/b19-12+. The molecule has 174 valence electrons. The van der Waals surface area contributed by atoms with E-state index in [4.69, 9.17) is 13.9 Å². The molecule has 0 aliphatic carbocycles. The molecule has 8 heteroatoms. The highest BCUT2D eigenvalue weighted by Gasteiger charge is 2.17. The third-order valence-corrected chi connectivity index (χ3v) is 4.99. The summed E-state index contributed by atoms with van der Waals surface area (Å²) in [7, 11) is 0. The summed E-state index contributed by atoms with van der Waals surface area (Å²) in [5.74, 6) is -0.606. The number of benzene rings is 2. The Kier molecular flexibility index (Phi) is 7.83. The lowest BCUT2D eigenvalue weighted by atomic mass is 10.1. The Balaban J connectivity index is 1.80. The van der Waals surface area contributed by atoms with Gasteiger partial charge in [-0.25, -0.2) is 9.59 Å². The summed E-state index contributed by atoms with van der Waals surface area (Å²) in [5, 5.41) is 12.6. The molecule has 1 aromatic heterocycles. The summed E-state index contributed by atoms with van der Waals surface area (Å²) in [6.07, 6.45) is 2.12. The van der Waals surface area contributed by atoms with Gasteiger partial charge in [-0.3, -0.25) is 4.79 Å². The van der Waals surface area contributed by atoms with Gasteiger partial charge in [-0.2, -0.15) is 5.26 Å². The van der Waals surface area contributed by atoms with Gasteiger partial charge in [0.05, 0.1) is 6.61 Å². The highest BCUT2D eigenvalue weighted by Crippen LogP contribution is 2.22. The lowest BCUT2D eigenvalue weighted by molar-refractivity contribution is -0.129. The molecule has 0 saturated heterocycles. The molecule has 2 aromatic carbocycles. The van der Waals surface area contributed by atoms with Crippen LogP contribution in [0, 0.1) is 11.3 Å². The van der Waals surface area contributed by atoms with Crippen molar-refractivity contribution in [3.05, 3.63) is 75.7 Å². The number of amides is 1. The molecular formula is C26H24N2O6. The van der Waals surface area contributed by atoms with E-state index in [0.29, 0.717) is 23.3 Å². The van der Waals surface area contributed by atoms with Gasteiger partial charge >= 0.3 is 11.6 Å². The predicted octanol–water partition coefficient (Wildman–Crippen LogP) is 4.23. The van der Waals surface area contributed by atoms with Gasteiger partial charge in [0.15, 0.2) is 0 Å². The molecule has 1 amide bonds. The Hall–Kier alpha value is -4.38. The van der Waals surface area contributed by atoms with Crippen molar-refractivity contribution in [1.82, 2.24) is 5.32 Å². The maximum absolute atomic E-state index is 12.5. The molecule has 0 fully saturated rings. The molecule has 0 radical (unpaired) electrons. The minimum Gasteiger partial charge on any atom is -0.494 e. The second-order valence-corrected chi connectivity index (χ2v) is 7.49. The molecule has 8 nitrogen and oxygen atoms in total. The van der Waals surface area contributed by atoms with Gasteiger partial charge in [-0.1, -0.05) is 19.1 Å². The van der Waals surface area contributed by atoms with E-state index < -0.39 is 17.5 Å². The molecule has 1 atom stereocenters. The van der Waals surface area contributed by atoms with Crippen molar-refractivity contribution in [2.75, 3.05) is 6.61 Å². The molecular weight excluding hydrogens is 436 g/mol. The Morgan fingerprint density at radius 3 is 2.47 bits per heavy atom. The van der Waals surface area contributed by atoms with Gasteiger partial charge < -0.3 is 19.2 Å². The second-order valence-electron chi connectivity index (χ2n) is 7.49. The molecule has 3 rings (SSSR count). The van der Waals surface area contributed by atoms with Crippen molar-refractivity contribution in [2.24, 2.45) is 0 Å². The van der Waals surface area contributed by atoms with Crippen LogP contribution in [-0.4, -0.2) is 24.5 Å². The monoisotopic (exact) mass is 460 g/mol. The number of rotatable bonds is 8. The summed E-state index contributed by atoms with van der Waals surface area (Å²) in [4.78, 5) is 37.1. The topological polar surface area (TPSA) is 119 Å². The Morgan fingerprint density at radius 2 is 1.82 bits per heavy atom.